The van der Waals surface area contributed by atoms with Crippen LogP contribution in [0.4, 0.5) is 0 Å². The fourth-order valence-corrected chi connectivity index (χ4v) is 4.59. The molecule has 0 radical (unpaired) electrons. The van der Waals surface area contributed by atoms with Crippen LogP contribution in [0.2, 0.25) is 0 Å². The van der Waals surface area contributed by atoms with Gasteiger partial charge in [-0.05, 0) is 55.4 Å². The Morgan fingerprint density at radius 3 is 2.52 bits per heavy atom. The van der Waals surface area contributed by atoms with Crippen molar-refractivity contribution in [1.29, 1.82) is 0 Å². The van der Waals surface area contributed by atoms with E-state index in [9.17, 15) is 9.90 Å². The van der Waals surface area contributed by atoms with Crippen molar-refractivity contribution in [3.63, 3.8) is 0 Å². The highest BCUT2D eigenvalue weighted by molar-refractivity contribution is 5.71. The van der Waals surface area contributed by atoms with E-state index in [4.69, 9.17) is 0 Å². The van der Waals surface area contributed by atoms with Gasteiger partial charge in [0.2, 0.25) is 0 Å². The van der Waals surface area contributed by atoms with Crippen LogP contribution in [0.1, 0.15) is 66.2 Å². The monoisotopic (exact) mass is 295 g/mol. The Labute approximate surface area is 129 Å². The lowest BCUT2D eigenvalue weighted by molar-refractivity contribution is -0.150. The maximum atomic E-state index is 11.4. The average Bonchev–Trinajstić information content (AvgIpc) is 2.40. The highest BCUT2D eigenvalue weighted by Crippen LogP contribution is 2.45. The number of aliphatic carboxylic acids is 1. The minimum absolute atomic E-state index is 0.123. The highest BCUT2D eigenvalue weighted by atomic mass is 16.4. The molecule has 2 aliphatic carbocycles. The molecule has 2 N–H and O–H groups in total. The quantitative estimate of drug-likeness (QED) is 0.826. The standard InChI is InChI=1S/C18H33NO2/c1-12-6-5-7-14(10-12)11-19-16-9-8-15(17(20)21)18(3,4)13(16)2/h12-16,19H,5-11H2,1-4H3,(H,20,21). The summed E-state index contributed by atoms with van der Waals surface area (Å²) in [6.45, 7) is 9.99. The van der Waals surface area contributed by atoms with Gasteiger partial charge >= 0.3 is 5.97 Å². The third-order valence-electron chi connectivity index (χ3n) is 6.45. The summed E-state index contributed by atoms with van der Waals surface area (Å²) in [6, 6.07) is 0.479. The van der Waals surface area contributed by atoms with Crippen LogP contribution < -0.4 is 5.32 Å². The van der Waals surface area contributed by atoms with Crippen molar-refractivity contribution in [1.82, 2.24) is 5.32 Å². The van der Waals surface area contributed by atoms with Gasteiger partial charge in [0, 0.05) is 6.04 Å². The third kappa shape index (κ3) is 3.80. The molecule has 0 aromatic carbocycles. The first-order valence-corrected chi connectivity index (χ1v) is 8.78. The van der Waals surface area contributed by atoms with Crippen LogP contribution in [-0.2, 0) is 4.79 Å². The van der Waals surface area contributed by atoms with Crippen LogP contribution in [0, 0.1) is 29.1 Å². The zero-order chi connectivity index (χ0) is 15.6. The molecule has 0 spiro atoms. The zero-order valence-electron chi connectivity index (χ0n) is 14.2. The second-order valence-corrected chi connectivity index (χ2v) is 8.23. The summed E-state index contributed by atoms with van der Waals surface area (Å²) in [5, 5.41) is 13.2. The molecule has 2 saturated carbocycles. The van der Waals surface area contributed by atoms with Crippen LogP contribution in [0.3, 0.4) is 0 Å². The Morgan fingerprint density at radius 1 is 1.19 bits per heavy atom. The van der Waals surface area contributed by atoms with Crippen LogP contribution in [0.15, 0.2) is 0 Å². The lowest BCUT2D eigenvalue weighted by Gasteiger charge is -2.47. The molecule has 0 aromatic heterocycles. The Balaban J connectivity index is 1.88. The molecule has 2 aliphatic rings. The van der Waals surface area contributed by atoms with Crippen molar-refractivity contribution >= 4 is 5.97 Å². The first-order chi connectivity index (χ1) is 9.82. The Hall–Kier alpha value is -0.570. The molecule has 122 valence electrons. The fraction of sp³-hybridized carbons (Fsp3) is 0.944. The van der Waals surface area contributed by atoms with Gasteiger partial charge in [-0.2, -0.15) is 0 Å². The van der Waals surface area contributed by atoms with Gasteiger partial charge in [0.25, 0.3) is 0 Å². The summed E-state index contributed by atoms with van der Waals surface area (Å²) in [5.74, 6) is 1.29. The lowest BCUT2D eigenvalue weighted by atomic mass is 9.61. The summed E-state index contributed by atoms with van der Waals surface area (Å²) in [6.07, 6.45) is 7.30. The molecule has 21 heavy (non-hydrogen) atoms. The van der Waals surface area contributed by atoms with E-state index in [1.54, 1.807) is 0 Å². The molecule has 0 bridgehead atoms. The van der Waals surface area contributed by atoms with Crippen LogP contribution >= 0.6 is 0 Å². The number of hydrogen-bond acceptors (Lipinski definition) is 2. The minimum atomic E-state index is -0.619. The maximum absolute atomic E-state index is 11.4. The van der Waals surface area contributed by atoms with Crippen LogP contribution in [-0.4, -0.2) is 23.7 Å². The number of carboxylic acid groups (broad SMARTS) is 1. The van der Waals surface area contributed by atoms with E-state index in [1.165, 1.54) is 25.7 Å². The van der Waals surface area contributed by atoms with E-state index >= 15 is 0 Å². The number of hydrogen-bond donors (Lipinski definition) is 2. The van der Waals surface area contributed by atoms with Crippen molar-refractivity contribution in [2.24, 2.45) is 29.1 Å². The summed E-state index contributed by atoms with van der Waals surface area (Å²) < 4.78 is 0. The first kappa shape index (κ1) is 16.8. The predicted molar refractivity (Wildman–Crippen MR) is 86.2 cm³/mol. The van der Waals surface area contributed by atoms with Crippen molar-refractivity contribution in [2.45, 2.75) is 72.3 Å². The summed E-state index contributed by atoms with van der Waals surface area (Å²) in [5.41, 5.74) is -0.123. The molecule has 5 unspecified atom stereocenters. The van der Waals surface area contributed by atoms with Crippen molar-refractivity contribution < 1.29 is 9.90 Å². The highest BCUT2D eigenvalue weighted by Gasteiger charge is 2.46. The Morgan fingerprint density at radius 2 is 1.90 bits per heavy atom. The molecule has 0 amide bonds. The predicted octanol–water partition coefficient (Wildman–Crippen LogP) is 3.93. The van der Waals surface area contributed by atoms with E-state index in [0.717, 1.165) is 31.2 Å². The maximum Gasteiger partial charge on any atom is 0.307 e. The first-order valence-electron chi connectivity index (χ1n) is 8.78. The Kier molecular flexibility index (Phi) is 5.34. The van der Waals surface area contributed by atoms with Gasteiger partial charge in [-0.25, -0.2) is 0 Å². The van der Waals surface area contributed by atoms with E-state index < -0.39 is 5.97 Å². The lowest BCUT2D eigenvalue weighted by Crippen LogP contribution is -2.51. The molecule has 2 rings (SSSR count). The summed E-state index contributed by atoms with van der Waals surface area (Å²) >= 11 is 0. The summed E-state index contributed by atoms with van der Waals surface area (Å²) in [7, 11) is 0. The van der Waals surface area contributed by atoms with Crippen LogP contribution in [0.25, 0.3) is 0 Å². The fourth-order valence-electron chi connectivity index (χ4n) is 4.59. The van der Waals surface area contributed by atoms with Crippen molar-refractivity contribution in [3.8, 4) is 0 Å². The van der Waals surface area contributed by atoms with Crippen LogP contribution in [0.5, 0.6) is 0 Å². The second-order valence-electron chi connectivity index (χ2n) is 8.23. The average molecular weight is 295 g/mol. The van der Waals surface area contributed by atoms with E-state index in [2.05, 4.69) is 33.0 Å². The summed E-state index contributed by atoms with van der Waals surface area (Å²) in [4.78, 5) is 11.4. The van der Waals surface area contributed by atoms with Crippen molar-refractivity contribution in [3.05, 3.63) is 0 Å². The zero-order valence-corrected chi connectivity index (χ0v) is 14.2. The van der Waals surface area contributed by atoms with Gasteiger partial charge in [-0.1, -0.05) is 40.5 Å². The smallest absolute Gasteiger partial charge is 0.307 e. The van der Waals surface area contributed by atoms with Gasteiger partial charge in [0.1, 0.15) is 0 Å². The van der Waals surface area contributed by atoms with Gasteiger partial charge in [0.15, 0.2) is 0 Å². The van der Waals surface area contributed by atoms with Gasteiger partial charge in [-0.3, -0.25) is 4.79 Å². The molecular formula is C18H33NO2. The second kappa shape index (κ2) is 6.68. The number of rotatable bonds is 4. The largest absolute Gasteiger partial charge is 0.481 e. The molecule has 0 heterocycles. The molecule has 0 aliphatic heterocycles. The normalized spacial score (nSPS) is 39.9. The molecule has 0 saturated heterocycles. The molecule has 3 heteroatoms. The number of carboxylic acids is 1. The third-order valence-corrected chi connectivity index (χ3v) is 6.45. The van der Waals surface area contributed by atoms with Gasteiger partial charge in [-0.15, -0.1) is 0 Å². The van der Waals surface area contributed by atoms with Gasteiger partial charge in [0.05, 0.1) is 5.92 Å². The van der Waals surface area contributed by atoms with Crippen molar-refractivity contribution in [2.75, 3.05) is 6.54 Å². The number of nitrogens with one attached hydrogen (secondary N) is 1. The minimum Gasteiger partial charge on any atom is -0.481 e. The van der Waals surface area contributed by atoms with E-state index in [0.29, 0.717) is 12.0 Å². The Bertz CT molecular complexity index is 366. The van der Waals surface area contributed by atoms with E-state index in [1.807, 2.05) is 0 Å². The molecular weight excluding hydrogens is 262 g/mol. The van der Waals surface area contributed by atoms with Gasteiger partial charge < -0.3 is 10.4 Å². The SMILES string of the molecule is CC1CCCC(CNC2CCC(C(=O)O)C(C)(C)C2C)C1. The topological polar surface area (TPSA) is 49.3 Å². The van der Waals surface area contributed by atoms with E-state index in [-0.39, 0.29) is 11.3 Å². The molecule has 2 fully saturated rings. The molecule has 3 nitrogen and oxygen atoms in total. The molecule has 5 atom stereocenters. The molecule has 0 aromatic rings. The number of carbonyl (C=O) groups is 1.